The Kier molecular flexibility index (Phi) is 2.29. The molecule has 1 aliphatic heterocycles. The van der Waals surface area contributed by atoms with Crippen LogP contribution in [0.5, 0.6) is 0 Å². The lowest BCUT2D eigenvalue weighted by atomic mass is 9.76. The summed E-state index contributed by atoms with van der Waals surface area (Å²) in [4.78, 5) is 4.59. The predicted octanol–water partition coefficient (Wildman–Crippen LogP) is 2.55. The molecule has 2 fully saturated rings. The quantitative estimate of drug-likeness (QED) is 0.724. The lowest BCUT2D eigenvalue weighted by Gasteiger charge is -2.40. The van der Waals surface area contributed by atoms with Gasteiger partial charge in [0.25, 0.3) is 0 Å². The molecule has 106 valence electrons. The number of hydrogen-bond acceptors (Lipinski definition) is 3. The summed E-state index contributed by atoms with van der Waals surface area (Å²) >= 11 is 0. The SMILES string of the molecule is c1cc(-c2nccn2[C@@H]2C[C@H]3OCC[C@@H]23)n2nccc2c1. The lowest BCUT2D eigenvalue weighted by molar-refractivity contribution is -0.00521. The second-order valence-corrected chi connectivity index (χ2v) is 5.90. The van der Waals surface area contributed by atoms with Gasteiger partial charge in [-0.1, -0.05) is 6.07 Å². The molecule has 0 aromatic carbocycles. The zero-order valence-electron chi connectivity index (χ0n) is 11.6. The molecule has 0 amide bonds. The lowest BCUT2D eigenvalue weighted by Crippen LogP contribution is -2.39. The van der Waals surface area contributed by atoms with E-state index in [-0.39, 0.29) is 0 Å². The second kappa shape index (κ2) is 4.18. The summed E-state index contributed by atoms with van der Waals surface area (Å²) in [5.41, 5.74) is 2.14. The highest BCUT2D eigenvalue weighted by molar-refractivity contribution is 5.59. The number of imidazole rings is 1. The van der Waals surface area contributed by atoms with Gasteiger partial charge < -0.3 is 9.30 Å². The predicted molar refractivity (Wildman–Crippen MR) is 77.9 cm³/mol. The molecule has 2 aliphatic rings. The summed E-state index contributed by atoms with van der Waals surface area (Å²) in [6.45, 7) is 0.907. The van der Waals surface area contributed by atoms with Gasteiger partial charge >= 0.3 is 0 Å². The summed E-state index contributed by atoms with van der Waals surface area (Å²) in [6, 6.07) is 8.74. The fourth-order valence-electron chi connectivity index (χ4n) is 3.78. The third-order valence-electron chi connectivity index (χ3n) is 4.91. The van der Waals surface area contributed by atoms with Crippen LogP contribution >= 0.6 is 0 Å². The van der Waals surface area contributed by atoms with E-state index < -0.39 is 0 Å². The maximum Gasteiger partial charge on any atom is 0.158 e. The van der Waals surface area contributed by atoms with E-state index >= 15 is 0 Å². The first-order chi connectivity index (χ1) is 10.4. The van der Waals surface area contributed by atoms with Crippen molar-refractivity contribution in [3.05, 3.63) is 42.9 Å². The third-order valence-corrected chi connectivity index (χ3v) is 4.91. The van der Waals surface area contributed by atoms with E-state index in [1.165, 1.54) is 6.42 Å². The molecule has 21 heavy (non-hydrogen) atoms. The van der Waals surface area contributed by atoms with E-state index in [9.17, 15) is 0 Å². The van der Waals surface area contributed by atoms with E-state index in [2.05, 4.69) is 39.0 Å². The van der Waals surface area contributed by atoms with Gasteiger partial charge in [0.05, 0.1) is 17.8 Å². The molecule has 1 aliphatic carbocycles. The van der Waals surface area contributed by atoms with E-state index in [0.717, 1.165) is 30.1 Å². The number of ether oxygens (including phenoxy) is 1. The molecule has 5 rings (SSSR count). The minimum atomic E-state index is 0.464. The molecule has 0 radical (unpaired) electrons. The summed E-state index contributed by atoms with van der Waals surface area (Å²) in [7, 11) is 0. The molecular formula is C16H16N4O. The largest absolute Gasteiger partial charge is 0.378 e. The first kappa shape index (κ1) is 11.5. The maximum atomic E-state index is 5.73. The Hall–Kier alpha value is -2.14. The van der Waals surface area contributed by atoms with Crippen LogP contribution in [0.25, 0.3) is 17.0 Å². The van der Waals surface area contributed by atoms with Gasteiger partial charge in [0, 0.05) is 31.0 Å². The van der Waals surface area contributed by atoms with Crippen LogP contribution in [0.15, 0.2) is 42.9 Å². The molecule has 0 unspecified atom stereocenters. The normalized spacial score (nSPS) is 27.7. The Morgan fingerprint density at radius 3 is 3.14 bits per heavy atom. The average Bonchev–Trinajstić information content (AvgIpc) is 3.19. The van der Waals surface area contributed by atoms with E-state index in [4.69, 9.17) is 4.74 Å². The van der Waals surface area contributed by atoms with Crippen molar-refractivity contribution in [2.45, 2.75) is 25.0 Å². The average molecular weight is 280 g/mol. The number of nitrogens with zero attached hydrogens (tertiary/aromatic N) is 4. The molecule has 1 saturated heterocycles. The summed E-state index contributed by atoms with van der Waals surface area (Å²) in [5, 5.41) is 4.42. The second-order valence-electron chi connectivity index (χ2n) is 5.90. The molecule has 4 heterocycles. The van der Waals surface area contributed by atoms with Gasteiger partial charge in [-0.15, -0.1) is 0 Å². The van der Waals surface area contributed by atoms with Crippen LogP contribution in [0.2, 0.25) is 0 Å². The van der Waals surface area contributed by atoms with Crippen molar-refractivity contribution in [1.29, 1.82) is 0 Å². The van der Waals surface area contributed by atoms with Crippen LogP contribution in [0.4, 0.5) is 0 Å². The van der Waals surface area contributed by atoms with Crippen LogP contribution in [0, 0.1) is 5.92 Å². The maximum absolute atomic E-state index is 5.73. The molecule has 0 bridgehead atoms. The smallest absolute Gasteiger partial charge is 0.158 e. The zero-order chi connectivity index (χ0) is 13.8. The zero-order valence-corrected chi connectivity index (χ0v) is 11.6. The van der Waals surface area contributed by atoms with Gasteiger partial charge in [-0.25, -0.2) is 9.50 Å². The topological polar surface area (TPSA) is 44.4 Å². The molecule has 5 nitrogen and oxygen atoms in total. The van der Waals surface area contributed by atoms with Gasteiger partial charge in [-0.3, -0.25) is 0 Å². The Morgan fingerprint density at radius 1 is 1.19 bits per heavy atom. The van der Waals surface area contributed by atoms with Crippen LogP contribution in [-0.2, 0) is 4.74 Å². The number of rotatable bonds is 2. The standard InChI is InChI=1S/C16H16N4O/c1-2-11-4-6-18-20(11)13(3-1)16-17-7-8-19(16)14-10-15-12(14)5-9-21-15/h1-4,6-8,12,14-15H,5,9-10H2/t12-,14+,15+/m0/s1. The molecule has 3 aromatic rings. The van der Waals surface area contributed by atoms with Crippen LogP contribution in [0.3, 0.4) is 0 Å². The van der Waals surface area contributed by atoms with Crippen molar-refractivity contribution < 1.29 is 4.74 Å². The van der Waals surface area contributed by atoms with Crippen molar-refractivity contribution in [3.8, 4) is 11.5 Å². The first-order valence-corrected chi connectivity index (χ1v) is 7.49. The number of aromatic nitrogens is 4. The third kappa shape index (κ3) is 1.55. The number of fused-ring (bicyclic) bond motifs is 2. The summed E-state index contributed by atoms with van der Waals surface area (Å²) < 4.78 is 10.0. The van der Waals surface area contributed by atoms with Crippen molar-refractivity contribution in [1.82, 2.24) is 19.2 Å². The molecule has 0 spiro atoms. The monoisotopic (exact) mass is 280 g/mol. The molecule has 3 aromatic heterocycles. The summed E-state index contributed by atoms with van der Waals surface area (Å²) in [5.74, 6) is 1.65. The Labute approximate surface area is 122 Å². The van der Waals surface area contributed by atoms with Crippen molar-refractivity contribution in [2.24, 2.45) is 5.92 Å². The summed E-state index contributed by atoms with van der Waals surface area (Å²) in [6.07, 6.45) is 8.54. The van der Waals surface area contributed by atoms with Crippen LogP contribution in [-0.4, -0.2) is 31.9 Å². The fraction of sp³-hybridized carbons (Fsp3) is 0.375. The molecule has 5 heteroatoms. The highest BCUT2D eigenvalue weighted by Gasteiger charge is 2.46. The van der Waals surface area contributed by atoms with E-state index in [1.807, 2.05) is 23.0 Å². The number of pyridine rings is 1. The molecule has 0 N–H and O–H groups in total. The van der Waals surface area contributed by atoms with Gasteiger partial charge in [0.2, 0.25) is 0 Å². The highest BCUT2D eigenvalue weighted by Crippen LogP contribution is 2.47. The fourth-order valence-corrected chi connectivity index (χ4v) is 3.78. The Morgan fingerprint density at radius 2 is 2.19 bits per heavy atom. The minimum absolute atomic E-state index is 0.464. The van der Waals surface area contributed by atoms with Gasteiger partial charge in [0.15, 0.2) is 5.82 Å². The minimum Gasteiger partial charge on any atom is -0.378 e. The Bertz CT molecular complexity index is 805. The van der Waals surface area contributed by atoms with Gasteiger partial charge in [-0.05, 0) is 31.0 Å². The van der Waals surface area contributed by atoms with Crippen LogP contribution in [0.1, 0.15) is 18.9 Å². The van der Waals surface area contributed by atoms with E-state index in [0.29, 0.717) is 18.1 Å². The first-order valence-electron chi connectivity index (χ1n) is 7.49. The van der Waals surface area contributed by atoms with Gasteiger partial charge in [0.1, 0.15) is 5.69 Å². The number of hydrogen-bond donors (Lipinski definition) is 0. The molecule has 1 saturated carbocycles. The van der Waals surface area contributed by atoms with Crippen molar-refractivity contribution >= 4 is 5.52 Å². The van der Waals surface area contributed by atoms with E-state index in [1.54, 1.807) is 0 Å². The van der Waals surface area contributed by atoms with Crippen molar-refractivity contribution in [2.75, 3.05) is 6.61 Å². The molecule has 3 atom stereocenters. The van der Waals surface area contributed by atoms with Crippen LogP contribution < -0.4 is 0 Å². The molecular weight excluding hydrogens is 264 g/mol. The highest BCUT2D eigenvalue weighted by atomic mass is 16.5. The van der Waals surface area contributed by atoms with Gasteiger partial charge in [-0.2, -0.15) is 5.10 Å². The Balaban J connectivity index is 1.62. The van der Waals surface area contributed by atoms with Crippen molar-refractivity contribution in [3.63, 3.8) is 0 Å².